The zero-order valence-corrected chi connectivity index (χ0v) is 20.7. The molecular formula is C15H8Na2O7S3. The Morgan fingerprint density at radius 1 is 0.815 bits per heavy atom. The van der Waals surface area contributed by atoms with Gasteiger partial charge in [-0.1, -0.05) is 23.9 Å². The number of benzene rings is 2. The first-order chi connectivity index (χ1) is 11.6. The third-order valence-corrected chi connectivity index (χ3v) is 6.16. The number of hydrogen-bond acceptors (Lipinski definition) is 8. The van der Waals surface area contributed by atoms with E-state index in [1.165, 1.54) is 24.3 Å². The van der Waals surface area contributed by atoms with Gasteiger partial charge in [-0.25, -0.2) is 16.8 Å². The van der Waals surface area contributed by atoms with E-state index in [-0.39, 0.29) is 80.3 Å². The Bertz CT molecular complexity index is 1120. The van der Waals surface area contributed by atoms with Gasteiger partial charge in [0.05, 0.1) is 14.7 Å². The van der Waals surface area contributed by atoms with E-state index in [1.807, 2.05) is 0 Å². The normalized spacial score (nSPS) is 15.0. The fourth-order valence-electron chi connectivity index (χ4n) is 2.20. The quantitative estimate of drug-likeness (QED) is 0.266. The molecule has 0 bridgehead atoms. The van der Waals surface area contributed by atoms with Crippen molar-refractivity contribution in [3.8, 4) is 0 Å². The van der Waals surface area contributed by atoms with Crippen LogP contribution in [0.4, 0.5) is 0 Å². The van der Waals surface area contributed by atoms with Crippen LogP contribution in [0.15, 0.2) is 62.1 Å². The predicted molar refractivity (Wildman–Crippen MR) is 87.0 cm³/mol. The molecule has 0 N–H and O–H groups in total. The van der Waals surface area contributed by atoms with Crippen LogP contribution in [-0.2, 0) is 20.2 Å². The van der Waals surface area contributed by atoms with E-state index < -0.39 is 25.1 Å². The van der Waals surface area contributed by atoms with E-state index in [2.05, 4.69) is 0 Å². The summed E-state index contributed by atoms with van der Waals surface area (Å²) in [5.41, 5.74) is 0.773. The van der Waals surface area contributed by atoms with E-state index in [9.17, 15) is 30.7 Å². The van der Waals surface area contributed by atoms with Crippen molar-refractivity contribution in [1.29, 1.82) is 0 Å². The molecule has 0 unspecified atom stereocenters. The monoisotopic (exact) mass is 442 g/mol. The maximum absolute atomic E-state index is 12.3. The number of carbonyl (C=O) groups excluding carboxylic acids is 1. The molecule has 3 rings (SSSR count). The summed E-state index contributed by atoms with van der Waals surface area (Å²) in [6.45, 7) is 0. The van der Waals surface area contributed by atoms with Crippen molar-refractivity contribution in [1.82, 2.24) is 0 Å². The third-order valence-electron chi connectivity index (χ3n) is 3.40. The minimum atomic E-state index is -4.62. The molecular weight excluding hydrogens is 434 g/mol. The number of ketones is 1. The zero-order valence-electron chi connectivity index (χ0n) is 14.2. The van der Waals surface area contributed by atoms with Gasteiger partial charge in [0, 0.05) is 10.5 Å². The first-order valence-electron chi connectivity index (χ1n) is 6.66. The van der Waals surface area contributed by atoms with Crippen LogP contribution in [0.2, 0.25) is 0 Å². The van der Waals surface area contributed by atoms with E-state index in [1.54, 1.807) is 0 Å². The van der Waals surface area contributed by atoms with Crippen LogP contribution in [0.3, 0.4) is 0 Å². The van der Waals surface area contributed by atoms with Crippen LogP contribution in [0, 0.1) is 0 Å². The summed E-state index contributed by atoms with van der Waals surface area (Å²) in [4.78, 5) is 12.2. The number of allylic oxidation sites excluding steroid dienone is 1. The molecule has 0 amide bonds. The van der Waals surface area contributed by atoms with Gasteiger partial charge in [-0.05, 0) is 42.0 Å². The van der Waals surface area contributed by atoms with E-state index in [4.69, 9.17) is 0 Å². The average molecular weight is 442 g/mol. The number of rotatable bonds is 3. The summed E-state index contributed by atoms with van der Waals surface area (Å²) in [6.07, 6.45) is 1.49. The van der Waals surface area contributed by atoms with Gasteiger partial charge >= 0.3 is 59.1 Å². The minimum Gasteiger partial charge on any atom is -0.744 e. The van der Waals surface area contributed by atoms with Gasteiger partial charge in [0.25, 0.3) is 0 Å². The summed E-state index contributed by atoms with van der Waals surface area (Å²) in [6, 6.07) is 8.53. The van der Waals surface area contributed by atoms with Gasteiger partial charge in [0.2, 0.25) is 5.78 Å². The summed E-state index contributed by atoms with van der Waals surface area (Å²) < 4.78 is 65.9. The fraction of sp³-hybridized carbons (Fsp3) is 0. The van der Waals surface area contributed by atoms with Crippen molar-refractivity contribution in [2.75, 3.05) is 0 Å². The number of hydrogen-bond donors (Lipinski definition) is 0. The Balaban J connectivity index is 0.00000182. The molecule has 0 saturated carbocycles. The number of thioether (sulfide) groups is 1. The van der Waals surface area contributed by atoms with Crippen LogP contribution in [0.5, 0.6) is 0 Å². The van der Waals surface area contributed by atoms with Crippen molar-refractivity contribution < 1.29 is 89.9 Å². The Morgan fingerprint density at radius 2 is 1.33 bits per heavy atom. The summed E-state index contributed by atoms with van der Waals surface area (Å²) in [5, 5.41) is 0. The summed E-state index contributed by atoms with van der Waals surface area (Å²) >= 11 is 1.01. The molecule has 12 heteroatoms. The van der Waals surface area contributed by atoms with Gasteiger partial charge in [-0.15, -0.1) is 0 Å². The predicted octanol–water partition coefficient (Wildman–Crippen LogP) is -4.17. The van der Waals surface area contributed by atoms with Gasteiger partial charge < -0.3 is 9.11 Å². The Morgan fingerprint density at radius 3 is 1.85 bits per heavy atom. The van der Waals surface area contributed by atoms with Crippen molar-refractivity contribution in [2.24, 2.45) is 0 Å². The molecule has 1 aliphatic rings. The topological polar surface area (TPSA) is 131 Å². The minimum absolute atomic E-state index is 0. The second kappa shape index (κ2) is 9.23. The molecule has 0 aromatic heterocycles. The number of carbonyl (C=O) groups is 1. The second-order valence-corrected chi connectivity index (χ2v) is 8.92. The van der Waals surface area contributed by atoms with Crippen molar-refractivity contribution >= 4 is 43.9 Å². The zero-order chi connectivity index (χ0) is 18.4. The first kappa shape index (κ1) is 25.1. The van der Waals surface area contributed by atoms with Crippen LogP contribution < -0.4 is 59.1 Å². The molecule has 1 heterocycles. The maximum Gasteiger partial charge on any atom is 1.00 e. The van der Waals surface area contributed by atoms with Crippen molar-refractivity contribution in [2.45, 2.75) is 14.7 Å². The molecule has 7 nitrogen and oxygen atoms in total. The molecule has 0 fully saturated rings. The Hall–Kier alpha value is 0.0200. The average Bonchev–Trinajstić information content (AvgIpc) is 2.82. The molecule has 2 aromatic rings. The van der Waals surface area contributed by atoms with Crippen LogP contribution in [-0.4, -0.2) is 31.7 Å². The Labute approximate surface area is 204 Å². The van der Waals surface area contributed by atoms with Crippen LogP contribution in [0.1, 0.15) is 15.9 Å². The maximum atomic E-state index is 12.3. The first-order valence-corrected chi connectivity index (χ1v) is 10.3. The largest absolute Gasteiger partial charge is 1.00 e. The van der Waals surface area contributed by atoms with E-state index in [0.29, 0.717) is 10.5 Å². The fourth-order valence-corrected chi connectivity index (χ4v) is 4.34. The smallest absolute Gasteiger partial charge is 0.744 e. The molecule has 27 heavy (non-hydrogen) atoms. The molecule has 0 atom stereocenters. The SMILES string of the molecule is O=C1/C(=C/c2ccc(S(=O)(=O)[O-])cc2)Sc2cc(S(=O)(=O)[O-])ccc21.[Na+].[Na+]. The molecule has 130 valence electrons. The standard InChI is InChI=1S/C15H10O7S3.2Na/c16-15-12-6-5-11(25(20,21)22)8-13(12)23-14(15)7-9-1-3-10(4-2-9)24(17,18)19;;/h1-8H,(H,17,18,19)(H,20,21,22);;/q;2*+1/p-2/b14-7-;;. The van der Waals surface area contributed by atoms with Gasteiger partial charge in [-0.2, -0.15) is 0 Å². The third kappa shape index (κ3) is 5.77. The summed E-state index contributed by atoms with van der Waals surface area (Å²) in [7, 11) is -9.17. The van der Waals surface area contributed by atoms with Crippen molar-refractivity contribution in [3.05, 3.63) is 58.5 Å². The Kier molecular flexibility index (Phi) is 8.56. The van der Waals surface area contributed by atoms with Crippen LogP contribution in [0.25, 0.3) is 6.08 Å². The molecule has 2 aromatic carbocycles. The van der Waals surface area contributed by atoms with E-state index in [0.717, 1.165) is 36.0 Å². The molecule has 0 saturated heterocycles. The van der Waals surface area contributed by atoms with Crippen LogP contribution >= 0.6 is 11.8 Å². The molecule has 0 aliphatic carbocycles. The second-order valence-electron chi connectivity index (χ2n) is 5.08. The van der Waals surface area contributed by atoms with Gasteiger partial charge in [0.15, 0.2) is 0 Å². The number of fused-ring (bicyclic) bond motifs is 1. The molecule has 0 radical (unpaired) electrons. The molecule has 1 aliphatic heterocycles. The van der Waals surface area contributed by atoms with E-state index >= 15 is 0 Å². The van der Waals surface area contributed by atoms with Crippen molar-refractivity contribution in [3.63, 3.8) is 0 Å². The van der Waals surface area contributed by atoms with Gasteiger partial charge in [0.1, 0.15) is 20.2 Å². The summed E-state index contributed by atoms with van der Waals surface area (Å²) in [5.74, 6) is -0.338. The molecule has 0 spiro atoms. The van der Waals surface area contributed by atoms with Gasteiger partial charge in [-0.3, -0.25) is 4.79 Å². The number of Topliss-reactive ketones (excluding diaryl/α,β-unsaturated/α-hetero) is 1.